The lowest BCUT2D eigenvalue weighted by Crippen LogP contribution is -2.36. The number of nitrogens with one attached hydrogen (secondary N) is 1. The number of hydrogen-bond acceptors (Lipinski definition) is 9. The molecule has 1 amide bonds. The maximum atomic E-state index is 12.4. The fourth-order valence-corrected chi connectivity index (χ4v) is 2.34. The third-order valence-corrected chi connectivity index (χ3v) is 3.40. The number of nitrogen functional groups attached to an aromatic ring is 1. The molecule has 2 aromatic rings. The van der Waals surface area contributed by atoms with Gasteiger partial charge in [-0.2, -0.15) is 21.9 Å². The third kappa shape index (κ3) is 10.8. The number of aromatic nitrogens is 2. The van der Waals surface area contributed by atoms with Crippen molar-refractivity contribution in [3.63, 3.8) is 0 Å². The van der Waals surface area contributed by atoms with Crippen molar-refractivity contribution in [2.45, 2.75) is 13.0 Å². The summed E-state index contributed by atoms with van der Waals surface area (Å²) in [6, 6.07) is 11.1. The van der Waals surface area contributed by atoms with E-state index in [1.54, 1.807) is 0 Å². The highest BCUT2D eigenvalue weighted by Gasteiger charge is 2.23. The first-order valence-electron chi connectivity index (χ1n) is 8.29. The Labute approximate surface area is 174 Å². The molecular weight excluding hydrogens is 438 g/mol. The number of benzene rings is 1. The minimum atomic E-state index is -3.67. The lowest BCUT2D eigenvalue weighted by Gasteiger charge is -2.28. The Morgan fingerprint density at radius 3 is 2.10 bits per heavy atom. The van der Waals surface area contributed by atoms with Crippen molar-refractivity contribution in [2.24, 2.45) is 5.84 Å². The van der Waals surface area contributed by atoms with E-state index in [1.807, 2.05) is 41.3 Å². The van der Waals surface area contributed by atoms with Crippen molar-refractivity contribution < 1.29 is 30.7 Å². The predicted molar refractivity (Wildman–Crippen MR) is 110 cm³/mol. The van der Waals surface area contributed by atoms with Crippen molar-refractivity contribution in [2.75, 3.05) is 24.5 Å². The van der Waals surface area contributed by atoms with E-state index in [9.17, 15) is 21.6 Å². The van der Waals surface area contributed by atoms with Crippen LogP contribution in [0.5, 0.6) is 0 Å². The average molecular weight is 462 g/mol. The molecule has 0 saturated heterocycles. The monoisotopic (exact) mass is 461 g/mol. The van der Waals surface area contributed by atoms with Gasteiger partial charge in [0.2, 0.25) is 0 Å². The third-order valence-electron chi connectivity index (χ3n) is 3.40. The second-order valence-electron chi connectivity index (χ2n) is 6.15. The number of hydrogen-bond donors (Lipinski definition) is 4. The van der Waals surface area contributed by atoms with Crippen LogP contribution >= 0.6 is 0 Å². The van der Waals surface area contributed by atoms with E-state index in [-0.39, 0.29) is 5.91 Å². The fourth-order valence-electron chi connectivity index (χ4n) is 2.34. The van der Waals surface area contributed by atoms with E-state index in [1.165, 1.54) is 0 Å². The van der Waals surface area contributed by atoms with Gasteiger partial charge in [0.25, 0.3) is 26.1 Å². The number of anilines is 1. The van der Waals surface area contributed by atoms with Gasteiger partial charge in [0.15, 0.2) is 5.82 Å². The maximum absolute atomic E-state index is 12.4. The first kappa shape index (κ1) is 25.4. The second kappa shape index (κ2) is 10.9. The van der Waals surface area contributed by atoms with Crippen LogP contribution < -0.4 is 11.3 Å². The van der Waals surface area contributed by atoms with E-state index in [0.29, 0.717) is 43.4 Å². The van der Waals surface area contributed by atoms with Crippen LogP contribution in [0.4, 0.5) is 5.82 Å². The van der Waals surface area contributed by atoms with Crippen LogP contribution in [0, 0.1) is 0 Å². The van der Waals surface area contributed by atoms with E-state index in [2.05, 4.69) is 15.6 Å². The van der Waals surface area contributed by atoms with E-state index >= 15 is 0 Å². The highest BCUT2D eigenvalue weighted by Crippen LogP contribution is 2.20. The predicted octanol–water partition coefficient (Wildman–Crippen LogP) is -0.0313. The molecule has 0 spiro atoms. The zero-order chi connectivity index (χ0) is 22.9. The minimum Gasteiger partial charge on any atom is -0.334 e. The summed E-state index contributed by atoms with van der Waals surface area (Å²) in [4.78, 5) is 14.2. The van der Waals surface area contributed by atoms with Crippen LogP contribution in [0.2, 0.25) is 0 Å². The lowest BCUT2D eigenvalue weighted by molar-refractivity contribution is 0.0733. The summed E-state index contributed by atoms with van der Waals surface area (Å²) in [5.74, 6) is 5.88. The second-order valence-corrected chi connectivity index (χ2v) is 9.09. The van der Waals surface area contributed by atoms with E-state index in [0.717, 1.165) is 11.3 Å². The van der Waals surface area contributed by atoms with Crippen molar-refractivity contribution >= 4 is 32.0 Å². The maximum Gasteiger partial charge on any atom is 0.261 e. The van der Waals surface area contributed by atoms with Crippen LogP contribution in [-0.2, 0) is 33.2 Å². The number of amides is 1. The fraction of sp³-hybridized carbons (Fsp3) is 0.312. The average Bonchev–Trinajstić information content (AvgIpc) is 2.64. The Balaban J connectivity index is 0.000000378. The van der Waals surface area contributed by atoms with Crippen LogP contribution in [0.15, 0.2) is 36.4 Å². The van der Waals surface area contributed by atoms with Gasteiger partial charge in [0.05, 0.1) is 18.2 Å². The van der Waals surface area contributed by atoms with Crippen molar-refractivity contribution in [1.29, 1.82) is 0 Å². The molecule has 5 N–H and O–H groups in total. The molecule has 166 valence electrons. The molecular formula is C16H23N5O7S2. The van der Waals surface area contributed by atoms with Crippen LogP contribution in [0.1, 0.15) is 21.6 Å². The topological polar surface area (TPSA) is 193 Å². The molecule has 2 heterocycles. The Morgan fingerprint density at radius 2 is 1.60 bits per heavy atom. The van der Waals surface area contributed by atoms with Gasteiger partial charge in [-0.25, -0.2) is 5.84 Å². The Morgan fingerprint density at radius 1 is 1.07 bits per heavy atom. The van der Waals surface area contributed by atoms with Crippen molar-refractivity contribution in [3.8, 4) is 0 Å². The minimum absolute atomic E-state index is 0.0373. The molecule has 0 aliphatic carbocycles. The van der Waals surface area contributed by atoms with Gasteiger partial charge in [-0.15, -0.1) is 5.10 Å². The molecule has 30 heavy (non-hydrogen) atoms. The molecule has 0 saturated carbocycles. The number of carbonyl (C=O) groups is 1. The van der Waals surface area contributed by atoms with Crippen molar-refractivity contribution in [3.05, 3.63) is 53.2 Å². The van der Waals surface area contributed by atoms with Gasteiger partial charge < -0.3 is 10.3 Å². The zero-order valence-corrected chi connectivity index (χ0v) is 17.9. The molecule has 3 rings (SSSR count). The summed E-state index contributed by atoms with van der Waals surface area (Å²) < 4.78 is 51.7. The lowest BCUT2D eigenvalue weighted by atomic mass is 10.1. The van der Waals surface area contributed by atoms with E-state index < -0.39 is 20.2 Å². The smallest absolute Gasteiger partial charge is 0.261 e. The largest absolute Gasteiger partial charge is 0.334 e. The molecule has 0 unspecified atom stereocenters. The van der Waals surface area contributed by atoms with Crippen LogP contribution in [0.25, 0.3) is 0 Å². The highest BCUT2D eigenvalue weighted by molar-refractivity contribution is 7.85. The van der Waals surface area contributed by atoms with Gasteiger partial charge in [0.1, 0.15) is 0 Å². The Kier molecular flexibility index (Phi) is 9.25. The number of hydrazine groups is 1. The molecule has 14 heteroatoms. The Hall–Kier alpha value is -2.65. The number of nitrogens with zero attached hydrogens (tertiary/aromatic N) is 3. The Bertz CT molecular complexity index is 1010. The summed E-state index contributed by atoms with van der Waals surface area (Å²) in [5.41, 5.74) is 5.10. The van der Waals surface area contributed by atoms with Gasteiger partial charge in [-0.05, 0) is 23.8 Å². The van der Waals surface area contributed by atoms with Crippen LogP contribution in [-0.4, -0.2) is 66.0 Å². The van der Waals surface area contributed by atoms with Gasteiger partial charge in [-0.1, -0.05) is 18.2 Å². The first-order valence-corrected chi connectivity index (χ1v) is 12.0. The standard InChI is InChI=1S/C14H15N5O.2CH4O3S/c15-16-13-8-11-9-19(7-6-12(11)17-18-13)14(20)10-4-2-1-3-5-10;2*1-5(2,3)4/h1-5,8H,6-7,9,15H2,(H,16,18);2*1H3,(H,2,3,4). The summed E-state index contributed by atoms with van der Waals surface area (Å²) in [7, 11) is -7.33. The molecule has 12 nitrogen and oxygen atoms in total. The molecule has 0 radical (unpaired) electrons. The summed E-state index contributed by atoms with van der Waals surface area (Å²) in [6.07, 6.45) is 2.14. The molecule has 1 aromatic heterocycles. The summed E-state index contributed by atoms with van der Waals surface area (Å²) in [6.45, 7) is 1.19. The SMILES string of the molecule is CS(=O)(=O)O.CS(=O)(=O)O.NNc1cc2c(nn1)CCN(C(=O)c1ccccc1)C2. The van der Waals surface area contributed by atoms with E-state index in [4.69, 9.17) is 14.9 Å². The quantitative estimate of drug-likeness (QED) is 0.266. The van der Waals surface area contributed by atoms with Gasteiger partial charge >= 0.3 is 0 Å². The molecule has 0 bridgehead atoms. The van der Waals surface area contributed by atoms with Gasteiger partial charge in [0, 0.05) is 25.1 Å². The van der Waals surface area contributed by atoms with Crippen LogP contribution in [0.3, 0.4) is 0 Å². The summed E-state index contributed by atoms with van der Waals surface area (Å²) >= 11 is 0. The molecule has 0 fully saturated rings. The molecule has 0 atom stereocenters. The zero-order valence-electron chi connectivity index (χ0n) is 16.3. The van der Waals surface area contributed by atoms with Gasteiger partial charge in [-0.3, -0.25) is 13.9 Å². The number of carbonyl (C=O) groups excluding carboxylic acids is 1. The normalized spacial score (nSPS) is 13.0. The molecule has 1 aliphatic rings. The molecule has 1 aliphatic heterocycles. The number of nitrogens with two attached hydrogens (primary N) is 1. The number of rotatable bonds is 2. The first-order chi connectivity index (χ1) is 13.8. The number of fused-ring (bicyclic) bond motifs is 1. The van der Waals surface area contributed by atoms with Crippen molar-refractivity contribution in [1.82, 2.24) is 15.1 Å². The molecule has 1 aromatic carbocycles. The highest BCUT2D eigenvalue weighted by atomic mass is 32.2. The summed E-state index contributed by atoms with van der Waals surface area (Å²) in [5, 5.41) is 8.08.